The number of carbonyl (C=O) groups is 1. The van der Waals surface area contributed by atoms with Crippen LogP contribution in [-0.4, -0.2) is 34.1 Å². The molecule has 0 aliphatic carbocycles. The molecule has 0 saturated heterocycles. The van der Waals surface area contributed by atoms with E-state index >= 15 is 0 Å². The Morgan fingerprint density at radius 2 is 2.20 bits per heavy atom. The van der Waals surface area contributed by atoms with Gasteiger partial charge in [-0.15, -0.1) is 0 Å². The van der Waals surface area contributed by atoms with E-state index in [-0.39, 0.29) is 5.56 Å². The van der Waals surface area contributed by atoms with E-state index < -0.39 is 5.97 Å². The maximum atomic E-state index is 11.0. The van der Waals surface area contributed by atoms with E-state index in [1.54, 1.807) is 18.2 Å². The minimum atomic E-state index is -0.941. The molecule has 0 unspecified atom stereocenters. The van der Waals surface area contributed by atoms with E-state index in [9.17, 15) is 4.79 Å². The van der Waals surface area contributed by atoms with Crippen molar-refractivity contribution in [3.8, 4) is 0 Å². The number of hydrogen-bond acceptors (Lipinski definition) is 4. The largest absolute Gasteiger partial charge is 0.478 e. The van der Waals surface area contributed by atoms with Crippen molar-refractivity contribution in [2.75, 3.05) is 18.0 Å². The fraction of sp³-hybridized carbons (Fsp3) is 0.267. The van der Waals surface area contributed by atoms with E-state index in [1.165, 1.54) is 11.9 Å². The molecule has 1 N–H and O–H groups in total. The predicted molar refractivity (Wildman–Crippen MR) is 77.1 cm³/mol. The van der Waals surface area contributed by atoms with E-state index in [1.807, 2.05) is 0 Å². The Morgan fingerprint density at radius 1 is 1.35 bits per heavy atom. The Hall–Kier alpha value is -2.43. The number of fused-ring (bicyclic) bond motifs is 1. The first-order chi connectivity index (χ1) is 9.65. The number of nitrogens with zero attached hydrogens (tertiary/aromatic N) is 3. The van der Waals surface area contributed by atoms with Gasteiger partial charge in [0, 0.05) is 18.5 Å². The van der Waals surface area contributed by atoms with Gasteiger partial charge in [0.25, 0.3) is 0 Å². The fourth-order valence-corrected chi connectivity index (χ4v) is 2.39. The summed E-state index contributed by atoms with van der Waals surface area (Å²) in [6, 6.07) is 4.98. The zero-order chi connectivity index (χ0) is 14.1. The number of benzene rings is 1. The zero-order valence-electron chi connectivity index (χ0n) is 11.2. The van der Waals surface area contributed by atoms with Crippen LogP contribution in [0.15, 0.2) is 36.2 Å². The standard InChI is InChI=1S/C15H15N3O2/c1-10-4-6-18(7-5-10)14-12-3-2-11(15(19)20)8-13(12)16-9-17-14/h2-4,8-9H,5-7H2,1H3,(H,19,20). The molecule has 3 rings (SSSR count). The Morgan fingerprint density at radius 3 is 2.90 bits per heavy atom. The number of anilines is 1. The second-order valence-corrected chi connectivity index (χ2v) is 4.98. The summed E-state index contributed by atoms with van der Waals surface area (Å²) in [5.74, 6) is -0.0701. The SMILES string of the molecule is CC1=CCN(c2ncnc3cc(C(=O)O)ccc23)CC1. The highest BCUT2D eigenvalue weighted by Crippen LogP contribution is 2.26. The van der Waals surface area contributed by atoms with E-state index in [0.29, 0.717) is 5.52 Å². The first-order valence-electron chi connectivity index (χ1n) is 6.54. The van der Waals surface area contributed by atoms with Crippen molar-refractivity contribution in [1.29, 1.82) is 0 Å². The maximum Gasteiger partial charge on any atom is 0.335 e. The van der Waals surface area contributed by atoms with Gasteiger partial charge in [-0.3, -0.25) is 0 Å². The zero-order valence-corrected chi connectivity index (χ0v) is 11.2. The lowest BCUT2D eigenvalue weighted by Gasteiger charge is -2.27. The smallest absolute Gasteiger partial charge is 0.335 e. The molecule has 5 nitrogen and oxygen atoms in total. The van der Waals surface area contributed by atoms with Crippen molar-refractivity contribution in [3.63, 3.8) is 0 Å². The third kappa shape index (κ3) is 2.22. The summed E-state index contributed by atoms with van der Waals surface area (Å²) in [5, 5.41) is 9.92. The lowest BCUT2D eigenvalue weighted by molar-refractivity contribution is 0.0697. The van der Waals surface area contributed by atoms with Crippen molar-refractivity contribution in [1.82, 2.24) is 9.97 Å². The molecule has 1 aromatic carbocycles. The second kappa shape index (κ2) is 4.92. The summed E-state index contributed by atoms with van der Waals surface area (Å²) in [6.45, 7) is 3.89. The number of aromatic nitrogens is 2. The van der Waals surface area contributed by atoms with Crippen LogP contribution in [0, 0.1) is 0 Å². The number of carboxylic acid groups (broad SMARTS) is 1. The summed E-state index contributed by atoms with van der Waals surface area (Å²) in [6.07, 6.45) is 4.72. The minimum absolute atomic E-state index is 0.247. The van der Waals surface area contributed by atoms with Crippen molar-refractivity contribution >= 4 is 22.7 Å². The highest BCUT2D eigenvalue weighted by molar-refractivity contribution is 5.96. The van der Waals surface area contributed by atoms with Crippen molar-refractivity contribution in [2.45, 2.75) is 13.3 Å². The van der Waals surface area contributed by atoms with Crippen LogP contribution in [0.3, 0.4) is 0 Å². The monoisotopic (exact) mass is 269 g/mol. The van der Waals surface area contributed by atoms with Gasteiger partial charge in [-0.05, 0) is 31.5 Å². The molecular formula is C15H15N3O2. The van der Waals surface area contributed by atoms with E-state index in [0.717, 1.165) is 30.7 Å². The Kier molecular flexibility index (Phi) is 3.10. The molecule has 2 aromatic rings. The van der Waals surface area contributed by atoms with Crippen molar-refractivity contribution in [3.05, 3.63) is 41.7 Å². The topological polar surface area (TPSA) is 66.3 Å². The highest BCUT2D eigenvalue weighted by atomic mass is 16.4. The molecule has 102 valence electrons. The minimum Gasteiger partial charge on any atom is -0.478 e. The molecule has 2 heterocycles. The molecule has 0 saturated carbocycles. The van der Waals surface area contributed by atoms with Crippen molar-refractivity contribution in [2.24, 2.45) is 0 Å². The molecule has 1 aliphatic rings. The Labute approximate surface area is 116 Å². The van der Waals surface area contributed by atoms with Gasteiger partial charge in [0.1, 0.15) is 12.1 Å². The van der Waals surface area contributed by atoms with Gasteiger partial charge in [0.05, 0.1) is 11.1 Å². The first-order valence-corrected chi connectivity index (χ1v) is 6.54. The van der Waals surface area contributed by atoms with Gasteiger partial charge in [-0.2, -0.15) is 0 Å². The van der Waals surface area contributed by atoms with E-state index in [4.69, 9.17) is 5.11 Å². The molecule has 1 aromatic heterocycles. The van der Waals surface area contributed by atoms with Gasteiger partial charge in [0.15, 0.2) is 0 Å². The lowest BCUT2D eigenvalue weighted by atomic mass is 10.1. The molecule has 1 aliphatic heterocycles. The number of carboxylic acids is 1. The lowest BCUT2D eigenvalue weighted by Crippen LogP contribution is -2.29. The summed E-state index contributed by atoms with van der Waals surface area (Å²) < 4.78 is 0. The molecule has 5 heteroatoms. The van der Waals surface area contributed by atoms with Crippen LogP contribution in [0.1, 0.15) is 23.7 Å². The van der Waals surface area contributed by atoms with Crippen LogP contribution in [-0.2, 0) is 0 Å². The van der Waals surface area contributed by atoms with Crippen LogP contribution in [0.4, 0.5) is 5.82 Å². The van der Waals surface area contributed by atoms with Crippen molar-refractivity contribution < 1.29 is 9.90 Å². The van der Waals surface area contributed by atoms with Crippen LogP contribution in [0.2, 0.25) is 0 Å². The van der Waals surface area contributed by atoms with Crippen LogP contribution in [0.5, 0.6) is 0 Å². The predicted octanol–water partition coefficient (Wildman–Crippen LogP) is 2.48. The van der Waals surface area contributed by atoms with Crippen LogP contribution >= 0.6 is 0 Å². The molecule has 20 heavy (non-hydrogen) atoms. The second-order valence-electron chi connectivity index (χ2n) is 4.98. The van der Waals surface area contributed by atoms with E-state index in [2.05, 4.69) is 27.9 Å². The normalized spacial score (nSPS) is 15.2. The summed E-state index contributed by atoms with van der Waals surface area (Å²) in [5.41, 5.74) is 2.31. The van der Waals surface area contributed by atoms with Crippen LogP contribution < -0.4 is 4.90 Å². The van der Waals surface area contributed by atoms with Gasteiger partial charge in [-0.25, -0.2) is 14.8 Å². The molecule has 0 radical (unpaired) electrons. The maximum absolute atomic E-state index is 11.0. The summed E-state index contributed by atoms with van der Waals surface area (Å²) in [4.78, 5) is 21.7. The highest BCUT2D eigenvalue weighted by Gasteiger charge is 2.15. The average Bonchev–Trinajstić information content (AvgIpc) is 2.47. The molecule has 0 spiro atoms. The molecular weight excluding hydrogens is 254 g/mol. The number of hydrogen-bond donors (Lipinski definition) is 1. The number of aromatic carboxylic acids is 1. The molecule has 0 bridgehead atoms. The van der Waals surface area contributed by atoms with Gasteiger partial charge in [-0.1, -0.05) is 11.6 Å². The summed E-state index contributed by atoms with van der Waals surface area (Å²) >= 11 is 0. The Balaban J connectivity index is 2.06. The van der Waals surface area contributed by atoms with Crippen LogP contribution in [0.25, 0.3) is 10.9 Å². The summed E-state index contributed by atoms with van der Waals surface area (Å²) in [7, 11) is 0. The number of rotatable bonds is 2. The fourth-order valence-electron chi connectivity index (χ4n) is 2.39. The van der Waals surface area contributed by atoms with Gasteiger partial charge >= 0.3 is 5.97 Å². The molecule has 0 amide bonds. The van der Waals surface area contributed by atoms with Gasteiger partial charge in [0.2, 0.25) is 0 Å². The molecule has 0 atom stereocenters. The quantitative estimate of drug-likeness (QED) is 0.848. The average molecular weight is 269 g/mol. The third-order valence-corrected chi connectivity index (χ3v) is 3.60. The first kappa shape index (κ1) is 12.6. The molecule has 0 fully saturated rings. The third-order valence-electron chi connectivity index (χ3n) is 3.60. The Bertz CT molecular complexity index is 709. The van der Waals surface area contributed by atoms with Gasteiger partial charge < -0.3 is 10.0 Å².